The fourth-order valence-electron chi connectivity index (χ4n) is 1.58. The van der Waals surface area contributed by atoms with Gasteiger partial charge in [-0.2, -0.15) is 0 Å². The quantitative estimate of drug-likeness (QED) is 0.645. The Morgan fingerprint density at radius 2 is 2.05 bits per heavy atom. The number of carbonyl (C=O) groups is 2. The molecule has 0 fully saturated rings. The molecule has 7 heteroatoms. The predicted molar refractivity (Wildman–Crippen MR) is 78.5 cm³/mol. The normalized spacial score (nSPS) is 12.4. The zero-order chi connectivity index (χ0) is 16.0. The molecule has 1 aromatic heterocycles. The Kier molecular flexibility index (Phi) is 5.75. The average Bonchev–Trinajstić information content (AvgIpc) is 2.37. The molecule has 0 bridgehead atoms. The number of nitrogens with one attached hydrogen (secondary N) is 1. The van der Waals surface area contributed by atoms with Crippen LogP contribution in [-0.2, 0) is 20.7 Å². The van der Waals surface area contributed by atoms with Crippen LogP contribution in [0.25, 0.3) is 0 Å². The number of methoxy groups -OCH3 is 1. The van der Waals surface area contributed by atoms with Crippen molar-refractivity contribution >= 4 is 25.5 Å². The fourth-order valence-corrected chi connectivity index (χ4v) is 1.58. The van der Waals surface area contributed by atoms with Gasteiger partial charge in [-0.25, -0.2) is 9.59 Å². The highest BCUT2D eigenvalue weighted by Gasteiger charge is 2.25. The molecule has 0 spiro atoms. The lowest BCUT2D eigenvalue weighted by atomic mass is 10.0. The highest BCUT2D eigenvalue weighted by Crippen LogP contribution is 2.08. The number of carbonyl (C=O) groups excluding carboxylic acids is 2. The van der Waals surface area contributed by atoms with E-state index in [1.807, 2.05) is 0 Å². The number of nitrogens with zero attached hydrogens (tertiary/aromatic N) is 1. The summed E-state index contributed by atoms with van der Waals surface area (Å²) in [6, 6.07) is 2.50. The number of pyridine rings is 1. The minimum absolute atomic E-state index is 0.235. The number of esters is 1. The molecule has 21 heavy (non-hydrogen) atoms. The Labute approximate surface area is 125 Å². The number of amides is 1. The van der Waals surface area contributed by atoms with Crippen LogP contribution < -0.4 is 10.9 Å². The third-order valence-corrected chi connectivity index (χ3v) is 2.46. The molecule has 112 valence electrons. The largest absolute Gasteiger partial charge is 0.467 e. The topological polar surface area (TPSA) is 77.5 Å². The van der Waals surface area contributed by atoms with E-state index in [-0.39, 0.29) is 6.42 Å². The summed E-state index contributed by atoms with van der Waals surface area (Å²) in [5.41, 5.74) is 0.483. The summed E-state index contributed by atoms with van der Waals surface area (Å²) in [4.78, 5) is 27.4. The van der Waals surface area contributed by atoms with Gasteiger partial charge in [-0.05, 0) is 31.9 Å². The molecule has 0 saturated carbocycles. The SMILES string of the molecule is [B]c1ccc(C[C@H](NC(=O)OC(C)(C)C)C(=O)OC)cn1. The lowest BCUT2D eigenvalue weighted by Crippen LogP contribution is -2.45. The van der Waals surface area contributed by atoms with Crippen LogP contribution in [0.1, 0.15) is 26.3 Å². The minimum Gasteiger partial charge on any atom is -0.467 e. The average molecular weight is 290 g/mol. The van der Waals surface area contributed by atoms with Crippen molar-refractivity contribution in [3.05, 3.63) is 23.9 Å². The monoisotopic (exact) mass is 290 g/mol. The van der Waals surface area contributed by atoms with Crippen molar-refractivity contribution in [2.45, 2.75) is 38.8 Å². The number of hydrogen-bond donors (Lipinski definition) is 1. The number of aromatic nitrogens is 1. The van der Waals surface area contributed by atoms with Crippen LogP contribution >= 0.6 is 0 Å². The maximum Gasteiger partial charge on any atom is 0.408 e. The number of hydrogen-bond acceptors (Lipinski definition) is 5. The Hall–Kier alpha value is -2.05. The van der Waals surface area contributed by atoms with Crippen molar-refractivity contribution in [2.75, 3.05) is 7.11 Å². The van der Waals surface area contributed by atoms with Gasteiger partial charge in [0.05, 0.1) is 7.11 Å². The second-order valence-corrected chi connectivity index (χ2v) is 5.52. The molecule has 1 N–H and O–H groups in total. The van der Waals surface area contributed by atoms with E-state index in [2.05, 4.69) is 15.0 Å². The molecule has 0 aliphatic heterocycles. The summed E-state index contributed by atoms with van der Waals surface area (Å²) in [7, 11) is 6.76. The molecule has 0 aliphatic rings. The summed E-state index contributed by atoms with van der Waals surface area (Å²) in [6.07, 6.45) is 1.10. The van der Waals surface area contributed by atoms with Gasteiger partial charge in [0.25, 0.3) is 0 Å². The third-order valence-electron chi connectivity index (χ3n) is 2.46. The van der Waals surface area contributed by atoms with Crippen molar-refractivity contribution < 1.29 is 19.1 Å². The lowest BCUT2D eigenvalue weighted by Gasteiger charge is -2.22. The molecular weight excluding hydrogens is 271 g/mol. The van der Waals surface area contributed by atoms with Crippen LogP contribution in [0.3, 0.4) is 0 Å². The van der Waals surface area contributed by atoms with Gasteiger partial charge in [0.1, 0.15) is 19.5 Å². The van der Waals surface area contributed by atoms with Gasteiger partial charge in [0, 0.05) is 12.6 Å². The van der Waals surface area contributed by atoms with Gasteiger partial charge in [-0.15, -0.1) is 0 Å². The van der Waals surface area contributed by atoms with Gasteiger partial charge >= 0.3 is 12.1 Å². The Bertz CT molecular complexity index is 497. The minimum atomic E-state index is -0.852. The van der Waals surface area contributed by atoms with Gasteiger partial charge in [0.15, 0.2) is 0 Å². The maximum absolute atomic E-state index is 11.8. The summed E-state index contributed by atoms with van der Waals surface area (Å²) in [5, 5.41) is 2.49. The van der Waals surface area contributed by atoms with E-state index in [1.165, 1.54) is 7.11 Å². The Morgan fingerprint density at radius 3 is 2.52 bits per heavy atom. The van der Waals surface area contributed by atoms with E-state index >= 15 is 0 Å². The van der Waals surface area contributed by atoms with Gasteiger partial charge in [-0.3, -0.25) is 4.98 Å². The number of rotatable bonds is 4. The molecule has 0 saturated heterocycles. The first-order chi connectivity index (χ1) is 9.71. The molecular formula is C14H19BN2O4. The van der Waals surface area contributed by atoms with Crippen molar-refractivity contribution in [2.24, 2.45) is 0 Å². The summed E-state index contributed by atoms with van der Waals surface area (Å²) < 4.78 is 9.81. The van der Waals surface area contributed by atoms with E-state index < -0.39 is 23.7 Å². The molecule has 1 aromatic rings. The van der Waals surface area contributed by atoms with E-state index in [0.29, 0.717) is 5.59 Å². The van der Waals surface area contributed by atoms with Crippen LogP contribution in [0.15, 0.2) is 18.3 Å². The Balaban J connectivity index is 2.74. The van der Waals surface area contributed by atoms with Crippen LogP contribution in [-0.4, -0.2) is 43.6 Å². The van der Waals surface area contributed by atoms with Crippen molar-refractivity contribution in [1.29, 1.82) is 0 Å². The van der Waals surface area contributed by atoms with E-state index in [9.17, 15) is 9.59 Å². The van der Waals surface area contributed by atoms with Crippen LogP contribution in [0.5, 0.6) is 0 Å². The standard InChI is InChI=1S/C14H19BN2O4/c1-14(2,3)21-13(19)17-10(12(18)20-4)7-9-5-6-11(15)16-8-9/h5-6,8,10H,7H2,1-4H3,(H,17,19)/t10-/m0/s1. The van der Waals surface area contributed by atoms with Crippen molar-refractivity contribution in [3.63, 3.8) is 0 Å². The second-order valence-electron chi connectivity index (χ2n) is 5.52. The highest BCUT2D eigenvalue weighted by atomic mass is 16.6. The number of ether oxygens (including phenoxy) is 2. The Morgan fingerprint density at radius 1 is 1.38 bits per heavy atom. The summed E-state index contributed by atoms with van der Waals surface area (Å²) in [5.74, 6) is -0.558. The molecule has 0 aliphatic carbocycles. The van der Waals surface area contributed by atoms with E-state index in [4.69, 9.17) is 12.6 Å². The first-order valence-corrected chi connectivity index (χ1v) is 6.49. The summed E-state index contributed by atoms with van der Waals surface area (Å²) in [6.45, 7) is 5.22. The summed E-state index contributed by atoms with van der Waals surface area (Å²) >= 11 is 0. The van der Waals surface area contributed by atoms with Crippen LogP contribution in [0.2, 0.25) is 0 Å². The fraction of sp³-hybridized carbons (Fsp3) is 0.500. The van der Waals surface area contributed by atoms with Crippen LogP contribution in [0.4, 0.5) is 4.79 Å². The van der Waals surface area contributed by atoms with Gasteiger partial charge < -0.3 is 14.8 Å². The van der Waals surface area contributed by atoms with E-state index in [1.54, 1.807) is 39.1 Å². The third kappa shape index (κ3) is 6.29. The molecule has 1 amide bonds. The highest BCUT2D eigenvalue weighted by molar-refractivity contribution is 6.30. The first kappa shape index (κ1) is 17.0. The van der Waals surface area contributed by atoms with Gasteiger partial charge in [-0.1, -0.05) is 12.1 Å². The number of alkyl carbamates (subject to hydrolysis) is 1. The first-order valence-electron chi connectivity index (χ1n) is 6.49. The van der Waals surface area contributed by atoms with Crippen molar-refractivity contribution in [3.8, 4) is 0 Å². The molecule has 1 rings (SSSR count). The zero-order valence-electron chi connectivity index (χ0n) is 12.7. The molecule has 2 radical (unpaired) electrons. The molecule has 6 nitrogen and oxygen atoms in total. The molecule has 0 unspecified atom stereocenters. The van der Waals surface area contributed by atoms with Crippen molar-refractivity contribution in [1.82, 2.24) is 10.3 Å². The lowest BCUT2D eigenvalue weighted by molar-refractivity contribution is -0.143. The van der Waals surface area contributed by atoms with Gasteiger partial charge in [0.2, 0.25) is 0 Å². The molecule has 0 aromatic carbocycles. The smallest absolute Gasteiger partial charge is 0.408 e. The second kappa shape index (κ2) is 7.10. The van der Waals surface area contributed by atoms with Crippen LogP contribution in [0, 0.1) is 0 Å². The zero-order valence-corrected chi connectivity index (χ0v) is 12.7. The van der Waals surface area contributed by atoms with E-state index in [0.717, 1.165) is 5.56 Å². The molecule has 1 atom stereocenters. The predicted octanol–water partition coefficient (Wildman–Crippen LogP) is 0.484. The maximum atomic E-state index is 11.8. The molecule has 1 heterocycles.